The van der Waals surface area contributed by atoms with Gasteiger partial charge in [0.15, 0.2) is 0 Å². The number of nitrogens with one attached hydrogen (secondary N) is 1. The Morgan fingerprint density at radius 2 is 1.77 bits per heavy atom. The van der Waals surface area contributed by atoms with Crippen LogP contribution >= 0.6 is 11.8 Å². The zero-order chi connectivity index (χ0) is 21.7. The maximum Gasteiger partial charge on any atom is 0.338 e. The van der Waals surface area contributed by atoms with Crippen molar-refractivity contribution < 1.29 is 28.3 Å². The number of halogens is 1. The van der Waals surface area contributed by atoms with Gasteiger partial charge < -0.3 is 10.1 Å². The second-order valence-corrected chi connectivity index (χ2v) is 7.16. The average Bonchev–Trinajstić information content (AvgIpc) is 2.98. The number of anilines is 1. The number of carbonyl (C=O) groups is 4. The fourth-order valence-electron chi connectivity index (χ4n) is 2.59. The monoisotopic (exact) mass is 428 g/mol. The summed E-state index contributed by atoms with van der Waals surface area (Å²) in [6.07, 6.45) is 1.47. The average molecular weight is 428 g/mol. The van der Waals surface area contributed by atoms with E-state index < -0.39 is 35.4 Å². The molecule has 7 nitrogen and oxygen atoms in total. The molecule has 3 amide bonds. The highest BCUT2D eigenvalue weighted by Crippen LogP contribution is 2.32. The van der Waals surface area contributed by atoms with Crippen LogP contribution in [0.1, 0.15) is 22.8 Å². The van der Waals surface area contributed by atoms with Gasteiger partial charge in [-0.3, -0.25) is 19.3 Å². The molecule has 154 valence electrons. The second kappa shape index (κ2) is 9.36. The zero-order valence-corrected chi connectivity index (χ0v) is 16.7. The minimum Gasteiger partial charge on any atom is -0.462 e. The minimum atomic E-state index is -0.595. The molecule has 0 atom stereocenters. The fraction of sp³-hybridized carbons (Fsp3) is 0.143. The largest absolute Gasteiger partial charge is 0.462 e. The van der Waals surface area contributed by atoms with E-state index in [2.05, 4.69) is 5.32 Å². The lowest BCUT2D eigenvalue weighted by atomic mass is 10.2. The molecule has 0 saturated carbocycles. The number of esters is 1. The van der Waals surface area contributed by atoms with Gasteiger partial charge in [0.05, 0.1) is 17.1 Å². The number of carbonyl (C=O) groups excluding carboxylic acids is 4. The van der Waals surface area contributed by atoms with Gasteiger partial charge in [0, 0.05) is 5.69 Å². The van der Waals surface area contributed by atoms with E-state index in [1.54, 1.807) is 6.92 Å². The Balaban J connectivity index is 1.62. The second-order valence-electron chi connectivity index (χ2n) is 6.17. The lowest BCUT2D eigenvalue weighted by Gasteiger charge is -2.12. The highest BCUT2D eigenvalue weighted by Gasteiger charge is 2.36. The molecule has 0 bridgehead atoms. The number of hydrogen-bond donors (Lipinski definition) is 1. The van der Waals surface area contributed by atoms with Gasteiger partial charge in [-0.05, 0) is 66.7 Å². The first-order valence-electron chi connectivity index (χ1n) is 8.95. The van der Waals surface area contributed by atoms with Gasteiger partial charge in [0.25, 0.3) is 11.1 Å². The van der Waals surface area contributed by atoms with Gasteiger partial charge in [-0.25, -0.2) is 9.18 Å². The number of ether oxygens (including phenoxy) is 1. The Labute approximate surface area is 175 Å². The van der Waals surface area contributed by atoms with Crippen molar-refractivity contribution in [1.82, 2.24) is 4.90 Å². The number of imide groups is 1. The number of hydrogen-bond acceptors (Lipinski definition) is 6. The van der Waals surface area contributed by atoms with Crippen LogP contribution in [-0.4, -0.2) is 41.1 Å². The van der Waals surface area contributed by atoms with Crippen LogP contribution in [0.5, 0.6) is 0 Å². The highest BCUT2D eigenvalue weighted by atomic mass is 32.2. The molecular weight excluding hydrogens is 411 g/mol. The van der Waals surface area contributed by atoms with Gasteiger partial charge in [-0.2, -0.15) is 0 Å². The summed E-state index contributed by atoms with van der Waals surface area (Å²) in [5.74, 6) is -2.04. The van der Waals surface area contributed by atoms with Crippen LogP contribution in [0.3, 0.4) is 0 Å². The molecule has 0 aromatic heterocycles. The van der Waals surface area contributed by atoms with E-state index in [0.717, 1.165) is 4.90 Å². The van der Waals surface area contributed by atoms with E-state index >= 15 is 0 Å². The normalized spacial score (nSPS) is 14.9. The molecular formula is C21H17FN2O5S. The van der Waals surface area contributed by atoms with Crippen molar-refractivity contribution in [3.8, 4) is 0 Å². The molecule has 1 saturated heterocycles. The van der Waals surface area contributed by atoms with Gasteiger partial charge in [0.1, 0.15) is 12.4 Å². The Kier molecular flexibility index (Phi) is 6.63. The van der Waals surface area contributed by atoms with Crippen LogP contribution in [0, 0.1) is 5.82 Å². The van der Waals surface area contributed by atoms with Crippen molar-refractivity contribution in [2.75, 3.05) is 18.5 Å². The third-order valence-corrected chi connectivity index (χ3v) is 4.93. The maximum absolute atomic E-state index is 13.0. The van der Waals surface area contributed by atoms with E-state index in [1.807, 2.05) is 0 Å². The summed E-state index contributed by atoms with van der Waals surface area (Å²) >= 11 is 0.712. The van der Waals surface area contributed by atoms with Crippen LogP contribution in [0.25, 0.3) is 6.08 Å². The molecule has 0 radical (unpaired) electrons. The molecule has 30 heavy (non-hydrogen) atoms. The molecule has 1 aliphatic heterocycles. The summed E-state index contributed by atoms with van der Waals surface area (Å²) in [5.41, 5.74) is 1.31. The molecule has 1 aliphatic rings. The predicted octanol–water partition coefficient (Wildman–Crippen LogP) is 3.68. The number of nitrogens with zero attached hydrogens (tertiary/aromatic N) is 1. The smallest absolute Gasteiger partial charge is 0.338 e. The van der Waals surface area contributed by atoms with Crippen LogP contribution < -0.4 is 5.32 Å². The predicted molar refractivity (Wildman–Crippen MR) is 110 cm³/mol. The van der Waals surface area contributed by atoms with E-state index in [-0.39, 0.29) is 11.5 Å². The van der Waals surface area contributed by atoms with Crippen molar-refractivity contribution in [2.24, 2.45) is 0 Å². The molecule has 1 fully saturated rings. The molecule has 1 N–H and O–H groups in total. The third kappa shape index (κ3) is 5.12. The maximum atomic E-state index is 13.0. The fourth-order valence-corrected chi connectivity index (χ4v) is 3.43. The summed E-state index contributed by atoms with van der Waals surface area (Å²) in [6.45, 7) is 1.50. The lowest BCUT2D eigenvalue weighted by molar-refractivity contribution is -0.127. The van der Waals surface area contributed by atoms with Crippen molar-refractivity contribution in [2.45, 2.75) is 6.92 Å². The molecule has 3 rings (SSSR count). The van der Waals surface area contributed by atoms with E-state index in [1.165, 1.54) is 54.6 Å². The zero-order valence-electron chi connectivity index (χ0n) is 15.9. The molecule has 0 aliphatic carbocycles. The van der Waals surface area contributed by atoms with Gasteiger partial charge >= 0.3 is 5.97 Å². The van der Waals surface area contributed by atoms with Gasteiger partial charge in [-0.15, -0.1) is 0 Å². The van der Waals surface area contributed by atoms with Crippen molar-refractivity contribution in [3.63, 3.8) is 0 Å². The third-order valence-electron chi connectivity index (χ3n) is 4.02. The van der Waals surface area contributed by atoms with Crippen LogP contribution in [0.4, 0.5) is 14.9 Å². The first kappa shape index (κ1) is 21.3. The summed E-state index contributed by atoms with van der Waals surface area (Å²) < 4.78 is 17.9. The summed E-state index contributed by atoms with van der Waals surface area (Å²) in [7, 11) is 0. The number of amides is 3. The van der Waals surface area contributed by atoms with E-state index in [4.69, 9.17) is 4.74 Å². The molecule has 1 heterocycles. The molecule has 2 aromatic carbocycles. The number of rotatable bonds is 6. The SMILES string of the molecule is CCOC(=O)c1ccc(NC(=O)CN2C(=O)S/C(=C\c3ccc(F)cc3)C2=O)cc1. The van der Waals surface area contributed by atoms with E-state index in [0.29, 0.717) is 28.6 Å². The first-order chi connectivity index (χ1) is 14.4. The summed E-state index contributed by atoms with van der Waals surface area (Å²) in [6, 6.07) is 11.5. The number of benzene rings is 2. The van der Waals surface area contributed by atoms with Crippen molar-refractivity contribution >= 4 is 46.5 Å². The van der Waals surface area contributed by atoms with Crippen LogP contribution in [0.15, 0.2) is 53.4 Å². The standard InChI is InChI=1S/C21H17FN2O5S/c1-2-29-20(27)14-5-9-16(10-6-14)23-18(25)12-24-19(26)17(30-21(24)28)11-13-3-7-15(22)8-4-13/h3-11H,2,12H2,1H3,(H,23,25)/b17-11-. The van der Waals surface area contributed by atoms with Crippen molar-refractivity contribution in [1.29, 1.82) is 0 Å². The van der Waals surface area contributed by atoms with Gasteiger partial charge in [0.2, 0.25) is 5.91 Å². The molecule has 2 aromatic rings. The topological polar surface area (TPSA) is 92.8 Å². The lowest BCUT2D eigenvalue weighted by Crippen LogP contribution is -2.36. The molecule has 0 spiro atoms. The number of thioether (sulfide) groups is 1. The molecule has 9 heteroatoms. The molecule has 0 unspecified atom stereocenters. The summed E-state index contributed by atoms with van der Waals surface area (Å²) in [5, 5.41) is 2.00. The van der Waals surface area contributed by atoms with Crippen molar-refractivity contribution in [3.05, 3.63) is 70.4 Å². The Morgan fingerprint density at radius 3 is 2.40 bits per heavy atom. The first-order valence-corrected chi connectivity index (χ1v) is 9.77. The minimum absolute atomic E-state index is 0.151. The van der Waals surface area contributed by atoms with E-state index in [9.17, 15) is 23.6 Å². The Bertz CT molecular complexity index is 1020. The summed E-state index contributed by atoms with van der Waals surface area (Å²) in [4.78, 5) is 49.5. The van der Waals surface area contributed by atoms with Gasteiger partial charge in [-0.1, -0.05) is 12.1 Å². The van der Waals surface area contributed by atoms with Crippen LogP contribution in [-0.2, 0) is 14.3 Å². The Morgan fingerprint density at radius 1 is 1.10 bits per heavy atom. The Hall–Kier alpha value is -3.46. The van der Waals surface area contributed by atoms with Crippen LogP contribution in [0.2, 0.25) is 0 Å². The quantitative estimate of drug-likeness (QED) is 0.557. The highest BCUT2D eigenvalue weighted by molar-refractivity contribution is 8.18.